The molecule has 1 aliphatic heterocycles. The topological polar surface area (TPSA) is 116 Å². The first-order chi connectivity index (χ1) is 9.63. The van der Waals surface area contributed by atoms with E-state index in [1.54, 1.807) is 16.8 Å². The maximum Gasteiger partial charge on any atom is 0.227 e. The number of aromatic nitrogens is 3. The van der Waals surface area contributed by atoms with Crippen LogP contribution in [0.1, 0.15) is 12.6 Å². The zero-order valence-corrected chi connectivity index (χ0v) is 10.9. The molecule has 1 fully saturated rings. The molecule has 0 amide bonds. The molecule has 108 valence electrons. The van der Waals surface area contributed by atoms with Crippen LogP contribution in [-0.4, -0.2) is 50.7 Å². The van der Waals surface area contributed by atoms with E-state index in [9.17, 15) is 5.11 Å². The average Bonchev–Trinajstić information content (AvgIpc) is 3.00. The van der Waals surface area contributed by atoms with Crippen LogP contribution in [-0.2, 0) is 4.74 Å². The Morgan fingerprint density at radius 3 is 3.00 bits per heavy atom. The largest absolute Gasteiger partial charge is 0.480 e. The van der Waals surface area contributed by atoms with Crippen molar-refractivity contribution in [2.45, 2.75) is 24.9 Å². The Hall–Kier alpha value is -1.90. The summed E-state index contributed by atoms with van der Waals surface area (Å²) in [5, 5.41) is 19.7. The molecular formula is C12H16N4O4. The predicted octanol–water partition coefficient (Wildman–Crippen LogP) is -0.337. The minimum atomic E-state index is -0.705. The minimum absolute atomic E-state index is 0.103. The number of hydrogen-bond acceptors (Lipinski definition) is 7. The number of nitrogens with zero attached hydrogens (tertiary/aromatic N) is 3. The minimum Gasteiger partial charge on any atom is -0.480 e. The molecule has 0 aliphatic carbocycles. The Balaban J connectivity index is 2.03. The number of methoxy groups -OCH3 is 1. The van der Waals surface area contributed by atoms with E-state index in [0.29, 0.717) is 23.3 Å². The molecule has 0 spiro atoms. The highest BCUT2D eigenvalue weighted by molar-refractivity contribution is 5.82. The van der Waals surface area contributed by atoms with Crippen LogP contribution in [0.2, 0.25) is 0 Å². The lowest BCUT2D eigenvalue weighted by molar-refractivity contribution is -0.0430. The van der Waals surface area contributed by atoms with Crippen molar-refractivity contribution in [1.29, 1.82) is 0 Å². The first-order valence-electron chi connectivity index (χ1n) is 6.26. The summed E-state index contributed by atoms with van der Waals surface area (Å²) >= 11 is 0. The van der Waals surface area contributed by atoms with Crippen LogP contribution in [0.5, 0.6) is 5.88 Å². The van der Waals surface area contributed by atoms with Crippen LogP contribution in [0.15, 0.2) is 12.3 Å². The standard InChI is InChI=1S/C12H16N4O4/c1-19-11-6-2-3-16(10(6)14-12(13)15-11)9-4-7(18)8(5-17)20-9/h2-3,7-9,17-18H,4-5H2,1H3,(H2,13,14,15)/t7-,8+,9+/m1/s1. The van der Waals surface area contributed by atoms with Crippen LogP contribution in [0.25, 0.3) is 11.0 Å². The molecule has 3 rings (SSSR count). The maximum atomic E-state index is 9.81. The summed E-state index contributed by atoms with van der Waals surface area (Å²) in [5.41, 5.74) is 6.24. The molecule has 0 unspecified atom stereocenters. The number of nitrogen functional groups attached to an aromatic ring is 1. The normalized spacial score (nSPS) is 26.2. The highest BCUT2D eigenvalue weighted by atomic mass is 16.5. The Bertz CT molecular complexity index is 629. The zero-order chi connectivity index (χ0) is 14.3. The van der Waals surface area contributed by atoms with Gasteiger partial charge in [0.1, 0.15) is 12.3 Å². The van der Waals surface area contributed by atoms with Gasteiger partial charge in [0.15, 0.2) is 5.65 Å². The Morgan fingerprint density at radius 1 is 1.55 bits per heavy atom. The Kier molecular flexibility index (Phi) is 3.20. The van der Waals surface area contributed by atoms with Gasteiger partial charge in [-0.3, -0.25) is 0 Å². The second-order valence-electron chi connectivity index (χ2n) is 4.67. The fourth-order valence-electron chi connectivity index (χ4n) is 2.46. The van der Waals surface area contributed by atoms with Gasteiger partial charge >= 0.3 is 0 Å². The molecule has 3 heterocycles. The van der Waals surface area contributed by atoms with E-state index in [1.165, 1.54) is 7.11 Å². The van der Waals surface area contributed by atoms with E-state index < -0.39 is 18.4 Å². The summed E-state index contributed by atoms with van der Waals surface area (Å²) < 4.78 is 12.5. The van der Waals surface area contributed by atoms with Crippen molar-refractivity contribution in [2.75, 3.05) is 19.5 Å². The van der Waals surface area contributed by atoms with Gasteiger partial charge in [-0.15, -0.1) is 0 Å². The fraction of sp³-hybridized carbons (Fsp3) is 0.500. The van der Waals surface area contributed by atoms with Crippen molar-refractivity contribution in [2.24, 2.45) is 0 Å². The van der Waals surface area contributed by atoms with Gasteiger partial charge in [-0.25, -0.2) is 0 Å². The van der Waals surface area contributed by atoms with E-state index in [2.05, 4.69) is 9.97 Å². The zero-order valence-electron chi connectivity index (χ0n) is 10.9. The number of rotatable bonds is 3. The third kappa shape index (κ3) is 1.98. The highest BCUT2D eigenvalue weighted by Crippen LogP contribution is 2.33. The summed E-state index contributed by atoms with van der Waals surface area (Å²) in [6.45, 7) is -0.225. The second kappa shape index (κ2) is 4.89. The van der Waals surface area contributed by atoms with Crippen LogP contribution in [0.4, 0.5) is 5.95 Å². The van der Waals surface area contributed by atoms with E-state index in [-0.39, 0.29) is 12.6 Å². The fourth-order valence-corrected chi connectivity index (χ4v) is 2.46. The van der Waals surface area contributed by atoms with Crippen LogP contribution >= 0.6 is 0 Å². The smallest absolute Gasteiger partial charge is 0.227 e. The lowest BCUT2D eigenvalue weighted by Crippen LogP contribution is -2.24. The SMILES string of the molecule is COc1nc(N)nc2c1ccn2[C@@H]1C[C@@H](O)[C@H](CO)O1. The summed E-state index contributed by atoms with van der Waals surface area (Å²) in [4.78, 5) is 8.20. The molecule has 20 heavy (non-hydrogen) atoms. The summed E-state index contributed by atoms with van der Waals surface area (Å²) in [6, 6.07) is 1.80. The van der Waals surface area contributed by atoms with Crippen molar-refractivity contribution in [3.8, 4) is 5.88 Å². The number of aliphatic hydroxyl groups is 2. The van der Waals surface area contributed by atoms with E-state index in [4.69, 9.17) is 20.3 Å². The molecule has 1 saturated heterocycles. The van der Waals surface area contributed by atoms with Gasteiger partial charge in [-0.1, -0.05) is 0 Å². The number of hydrogen-bond donors (Lipinski definition) is 3. The van der Waals surface area contributed by atoms with Gasteiger partial charge in [-0.05, 0) is 6.07 Å². The number of nitrogens with two attached hydrogens (primary N) is 1. The van der Waals surface area contributed by atoms with Gasteiger partial charge in [0, 0.05) is 12.6 Å². The molecule has 2 aromatic rings. The van der Waals surface area contributed by atoms with Gasteiger partial charge in [0.05, 0.1) is 25.2 Å². The molecule has 4 N–H and O–H groups in total. The van der Waals surface area contributed by atoms with Gasteiger partial charge < -0.3 is 30.0 Å². The molecule has 3 atom stereocenters. The second-order valence-corrected chi connectivity index (χ2v) is 4.67. The lowest BCUT2D eigenvalue weighted by atomic mass is 10.2. The van der Waals surface area contributed by atoms with Crippen molar-refractivity contribution < 1.29 is 19.7 Å². The van der Waals surface area contributed by atoms with Gasteiger partial charge in [0.2, 0.25) is 11.8 Å². The van der Waals surface area contributed by atoms with Crippen LogP contribution < -0.4 is 10.5 Å². The van der Waals surface area contributed by atoms with Gasteiger partial charge in [0.25, 0.3) is 0 Å². The third-order valence-corrected chi connectivity index (χ3v) is 3.44. The number of aliphatic hydroxyl groups excluding tert-OH is 2. The molecular weight excluding hydrogens is 264 g/mol. The monoisotopic (exact) mass is 280 g/mol. The lowest BCUT2D eigenvalue weighted by Gasteiger charge is -2.14. The average molecular weight is 280 g/mol. The van der Waals surface area contributed by atoms with E-state index in [0.717, 1.165) is 0 Å². The summed E-state index contributed by atoms with van der Waals surface area (Å²) in [7, 11) is 1.51. The first kappa shape index (κ1) is 13.1. The predicted molar refractivity (Wildman–Crippen MR) is 70.1 cm³/mol. The third-order valence-electron chi connectivity index (χ3n) is 3.44. The maximum absolute atomic E-state index is 9.81. The van der Waals surface area contributed by atoms with E-state index >= 15 is 0 Å². The first-order valence-corrected chi connectivity index (χ1v) is 6.26. The highest BCUT2D eigenvalue weighted by Gasteiger charge is 2.35. The summed E-state index contributed by atoms with van der Waals surface area (Å²) in [6.07, 6.45) is 0.459. The number of anilines is 1. The van der Waals surface area contributed by atoms with Crippen LogP contribution in [0, 0.1) is 0 Å². The molecule has 0 saturated carbocycles. The van der Waals surface area contributed by atoms with Crippen molar-refractivity contribution >= 4 is 17.0 Å². The Morgan fingerprint density at radius 2 is 2.35 bits per heavy atom. The molecule has 0 bridgehead atoms. The quantitative estimate of drug-likeness (QED) is 0.704. The van der Waals surface area contributed by atoms with E-state index in [1.807, 2.05) is 0 Å². The molecule has 2 aromatic heterocycles. The number of fused-ring (bicyclic) bond motifs is 1. The Labute approximate surface area is 114 Å². The van der Waals surface area contributed by atoms with Crippen molar-refractivity contribution in [1.82, 2.24) is 14.5 Å². The van der Waals surface area contributed by atoms with Crippen molar-refractivity contribution in [3.05, 3.63) is 12.3 Å². The molecule has 8 nitrogen and oxygen atoms in total. The molecule has 0 aromatic carbocycles. The van der Waals surface area contributed by atoms with Crippen molar-refractivity contribution in [3.63, 3.8) is 0 Å². The molecule has 0 radical (unpaired) electrons. The molecule has 8 heteroatoms. The summed E-state index contributed by atoms with van der Waals surface area (Å²) in [5.74, 6) is 0.495. The number of ether oxygens (including phenoxy) is 2. The van der Waals surface area contributed by atoms with Gasteiger partial charge in [-0.2, -0.15) is 9.97 Å². The molecule has 1 aliphatic rings. The van der Waals surface area contributed by atoms with Crippen LogP contribution in [0.3, 0.4) is 0 Å².